The van der Waals surface area contributed by atoms with Gasteiger partial charge in [-0.3, -0.25) is 4.79 Å². The normalized spacial score (nSPS) is 19.7. The molecule has 5 rings (SSSR count). The van der Waals surface area contributed by atoms with Gasteiger partial charge < -0.3 is 9.64 Å². The highest BCUT2D eigenvalue weighted by atomic mass is 19.1. The number of anilines is 1. The molecule has 1 heterocycles. The van der Waals surface area contributed by atoms with E-state index in [9.17, 15) is 9.18 Å². The number of nitrogens with zero attached hydrogens (tertiary/aromatic N) is 2. The van der Waals surface area contributed by atoms with E-state index in [1.54, 1.807) is 6.07 Å². The number of benzene rings is 2. The number of carbonyl (C=O) groups is 1. The van der Waals surface area contributed by atoms with Crippen LogP contribution in [0.2, 0.25) is 0 Å². The van der Waals surface area contributed by atoms with Gasteiger partial charge in [0.1, 0.15) is 5.75 Å². The zero-order chi connectivity index (χ0) is 24.4. The van der Waals surface area contributed by atoms with E-state index in [2.05, 4.69) is 41.4 Å². The maximum Gasteiger partial charge on any atom is 0.230 e. The predicted molar refractivity (Wildman–Crippen MR) is 137 cm³/mol. The Bertz CT molecular complexity index is 1150. The van der Waals surface area contributed by atoms with Crippen LogP contribution in [-0.2, 0) is 4.79 Å². The fourth-order valence-corrected chi connectivity index (χ4v) is 5.23. The van der Waals surface area contributed by atoms with Crippen LogP contribution in [0.25, 0.3) is 11.1 Å². The van der Waals surface area contributed by atoms with E-state index in [-0.39, 0.29) is 23.8 Å². The van der Waals surface area contributed by atoms with Gasteiger partial charge in [-0.15, -0.1) is 0 Å². The van der Waals surface area contributed by atoms with Gasteiger partial charge in [0, 0.05) is 29.8 Å². The highest BCUT2D eigenvalue weighted by Crippen LogP contribution is 2.48. The van der Waals surface area contributed by atoms with Crippen molar-refractivity contribution in [3.8, 4) is 16.9 Å². The summed E-state index contributed by atoms with van der Waals surface area (Å²) in [6.45, 7) is 4.78. The van der Waals surface area contributed by atoms with Crippen molar-refractivity contribution < 1.29 is 13.9 Å². The molecule has 1 amide bonds. The number of hydrogen-bond donors (Lipinski definition) is 0. The first-order valence-electron chi connectivity index (χ1n) is 12.8. The fourth-order valence-electron chi connectivity index (χ4n) is 5.23. The highest BCUT2D eigenvalue weighted by molar-refractivity contribution is 5.97. The molecule has 35 heavy (non-hydrogen) atoms. The van der Waals surface area contributed by atoms with E-state index in [1.807, 2.05) is 36.9 Å². The third-order valence-electron chi connectivity index (χ3n) is 7.14. The number of ether oxygens (including phenoxy) is 1. The summed E-state index contributed by atoms with van der Waals surface area (Å²) < 4.78 is 19.4. The van der Waals surface area contributed by atoms with Gasteiger partial charge in [-0.25, -0.2) is 4.98 Å². The topological polar surface area (TPSA) is 42.4 Å². The molecular formula is C30H33FN2O2. The van der Waals surface area contributed by atoms with Crippen LogP contribution in [-0.4, -0.2) is 23.5 Å². The Morgan fingerprint density at radius 2 is 1.66 bits per heavy atom. The minimum Gasteiger partial charge on any atom is -0.491 e. The molecule has 4 nitrogen and oxygen atoms in total. The molecule has 0 bridgehead atoms. The molecule has 182 valence electrons. The zero-order valence-electron chi connectivity index (χ0n) is 20.5. The standard InChI is InChI=1S/C30H33FN2O2/c1-20(2)35-25-16-12-23(13-17-25)22-10-14-24(15-11-22)33(19-21-6-3-4-7-21)30(34)27-18-26(27)28-8-5-9-29(31)32-28/h5,8-17,20-21,26-27H,3-4,6-7,18-19H2,1-2H3. The summed E-state index contributed by atoms with van der Waals surface area (Å²) in [4.78, 5) is 19.6. The average molecular weight is 473 g/mol. The Balaban J connectivity index is 1.34. The molecule has 2 aliphatic rings. The lowest BCUT2D eigenvalue weighted by molar-refractivity contribution is -0.120. The van der Waals surface area contributed by atoms with Gasteiger partial charge in [0.2, 0.25) is 11.9 Å². The molecule has 2 aromatic carbocycles. The van der Waals surface area contributed by atoms with Crippen LogP contribution in [0.15, 0.2) is 66.7 Å². The van der Waals surface area contributed by atoms with Crippen LogP contribution in [0.3, 0.4) is 0 Å². The summed E-state index contributed by atoms with van der Waals surface area (Å²) in [5.41, 5.74) is 3.83. The SMILES string of the molecule is CC(C)Oc1ccc(-c2ccc(N(CC3CCCC3)C(=O)C3CC3c3cccc(F)n3)cc2)cc1. The van der Waals surface area contributed by atoms with E-state index in [0.717, 1.165) is 35.5 Å². The molecule has 2 aliphatic carbocycles. The summed E-state index contributed by atoms with van der Waals surface area (Å²) >= 11 is 0. The zero-order valence-corrected chi connectivity index (χ0v) is 20.5. The number of aromatic nitrogens is 1. The number of carbonyl (C=O) groups excluding carboxylic acids is 1. The molecule has 3 aromatic rings. The Kier molecular flexibility index (Phi) is 6.85. The van der Waals surface area contributed by atoms with Crippen molar-refractivity contribution in [3.05, 3.63) is 78.4 Å². The lowest BCUT2D eigenvalue weighted by atomic mass is 10.0. The molecule has 0 saturated heterocycles. The third-order valence-corrected chi connectivity index (χ3v) is 7.14. The smallest absolute Gasteiger partial charge is 0.230 e. The summed E-state index contributed by atoms with van der Waals surface area (Å²) in [6, 6.07) is 21.2. The minimum atomic E-state index is -0.484. The van der Waals surface area contributed by atoms with Gasteiger partial charge in [0.15, 0.2) is 0 Å². The quantitative estimate of drug-likeness (QED) is 0.332. The molecule has 0 radical (unpaired) electrons. The Morgan fingerprint density at radius 3 is 2.29 bits per heavy atom. The lowest BCUT2D eigenvalue weighted by Crippen LogP contribution is -2.36. The maximum atomic E-state index is 13.6. The number of rotatable bonds is 8. The molecule has 0 N–H and O–H groups in total. The Labute approximate surface area is 207 Å². The number of pyridine rings is 1. The van der Waals surface area contributed by atoms with Crippen LogP contribution in [0.5, 0.6) is 5.75 Å². The van der Waals surface area contributed by atoms with Gasteiger partial charge >= 0.3 is 0 Å². The number of halogens is 1. The van der Waals surface area contributed by atoms with Crippen LogP contribution in [0.1, 0.15) is 57.6 Å². The van der Waals surface area contributed by atoms with E-state index in [0.29, 0.717) is 11.6 Å². The van der Waals surface area contributed by atoms with E-state index in [1.165, 1.54) is 31.7 Å². The van der Waals surface area contributed by atoms with Crippen LogP contribution < -0.4 is 9.64 Å². The van der Waals surface area contributed by atoms with Crippen molar-refractivity contribution >= 4 is 11.6 Å². The second-order valence-corrected chi connectivity index (χ2v) is 10.2. The molecule has 2 unspecified atom stereocenters. The predicted octanol–water partition coefficient (Wildman–Crippen LogP) is 7.00. The largest absolute Gasteiger partial charge is 0.491 e. The molecule has 0 aliphatic heterocycles. The molecular weight excluding hydrogens is 439 g/mol. The first-order valence-corrected chi connectivity index (χ1v) is 12.8. The monoisotopic (exact) mass is 472 g/mol. The molecule has 1 aromatic heterocycles. The Morgan fingerprint density at radius 1 is 1.00 bits per heavy atom. The molecule has 0 spiro atoms. The fraction of sp³-hybridized carbons (Fsp3) is 0.400. The van der Waals surface area contributed by atoms with Crippen LogP contribution >= 0.6 is 0 Å². The van der Waals surface area contributed by atoms with Crippen molar-refractivity contribution in [3.63, 3.8) is 0 Å². The third kappa shape index (κ3) is 5.55. The maximum absolute atomic E-state index is 13.6. The van der Waals surface area contributed by atoms with E-state index in [4.69, 9.17) is 4.74 Å². The van der Waals surface area contributed by atoms with Crippen molar-refractivity contribution in [1.82, 2.24) is 4.98 Å². The van der Waals surface area contributed by atoms with E-state index < -0.39 is 5.95 Å². The van der Waals surface area contributed by atoms with Crippen molar-refractivity contribution in [1.29, 1.82) is 0 Å². The summed E-state index contributed by atoms with van der Waals surface area (Å²) in [6.07, 6.45) is 5.70. The minimum absolute atomic E-state index is 0.00937. The lowest BCUT2D eigenvalue weighted by Gasteiger charge is -2.26. The molecule has 2 saturated carbocycles. The Hall–Kier alpha value is -3.21. The second-order valence-electron chi connectivity index (χ2n) is 10.2. The van der Waals surface area contributed by atoms with Gasteiger partial charge in [-0.2, -0.15) is 4.39 Å². The molecule has 5 heteroatoms. The summed E-state index contributed by atoms with van der Waals surface area (Å²) in [5, 5.41) is 0. The van der Waals surface area contributed by atoms with Crippen molar-refractivity contribution in [2.24, 2.45) is 11.8 Å². The van der Waals surface area contributed by atoms with Gasteiger partial charge in [-0.1, -0.05) is 43.2 Å². The van der Waals surface area contributed by atoms with Gasteiger partial charge in [0.05, 0.1) is 6.10 Å². The van der Waals surface area contributed by atoms with Gasteiger partial charge in [0.25, 0.3) is 0 Å². The highest BCUT2D eigenvalue weighted by Gasteiger charge is 2.47. The van der Waals surface area contributed by atoms with Crippen LogP contribution in [0, 0.1) is 17.8 Å². The van der Waals surface area contributed by atoms with E-state index >= 15 is 0 Å². The van der Waals surface area contributed by atoms with Crippen LogP contribution in [0.4, 0.5) is 10.1 Å². The summed E-state index contributed by atoms with van der Waals surface area (Å²) in [5.74, 6) is 0.935. The van der Waals surface area contributed by atoms with Gasteiger partial charge in [-0.05, 0) is 86.6 Å². The first-order chi connectivity index (χ1) is 17.0. The average Bonchev–Trinajstić information content (AvgIpc) is 3.50. The van der Waals surface area contributed by atoms with Crippen molar-refractivity contribution in [2.45, 2.75) is 58.0 Å². The van der Waals surface area contributed by atoms with Crippen molar-refractivity contribution in [2.75, 3.05) is 11.4 Å². The molecule has 2 fully saturated rings. The molecule has 2 atom stereocenters. The number of amides is 1. The first kappa shape index (κ1) is 23.5. The number of hydrogen-bond acceptors (Lipinski definition) is 3. The second kappa shape index (κ2) is 10.2. The summed E-state index contributed by atoms with van der Waals surface area (Å²) in [7, 11) is 0.